The minimum Gasteiger partial charge on any atom is -0.497 e. The van der Waals surface area contributed by atoms with Crippen LogP contribution in [-0.4, -0.2) is 24.7 Å². The van der Waals surface area contributed by atoms with Crippen LogP contribution in [0.5, 0.6) is 5.75 Å². The summed E-state index contributed by atoms with van der Waals surface area (Å²) >= 11 is 0. The maximum Gasteiger partial charge on any atom is 0.414 e. The third kappa shape index (κ3) is 4.26. The van der Waals surface area contributed by atoms with Gasteiger partial charge >= 0.3 is 6.09 Å². The number of ether oxygens (including phenoxy) is 2. The molecule has 0 saturated carbocycles. The summed E-state index contributed by atoms with van der Waals surface area (Å²) in [4.78, 5) is 18.9. The number of pyridine rings is 1. The lowest BCUT2D eigenvalue weighted by Crippen LogP contribution is -2.32. The van der Waals surface area contributed by atoms with E-state index in [9.17, 15) is 4.79 Å². The molecular formula is C22H22N2O3. The van der Waals surface area contributed by atoms with Crippen LogP contribution in [0, 0.1) is 6.92 Å². The summed E-state index contributed by atoms with van der Waals surface area (Å²) < 4.78 is 10.9. The number of hydrogen-bond acceptors (Lipinski definition) is 4. The van der Waals surface area contributed by atoms with Gasteiger partial charge in [-0.15, -0.1) is 6.58 Å². The van der Waals surface area contributed by atoms with Crippen LogP contribution >= 0.6 is 0 Å². The van der Waals surface area contributed by atoms with Gasteiger partial charge in [0.15, 0.2) is 0 Å². The number of carbonyl (C=O) groups is 1. The van der Waals surface area contributed by atoms with Crippen LogP contribution in [0.25, 0.3) is 10.9 Å². The first-order valence-electron chi connectivity index (χ1n) is 8.67. The van der Waals surface area contributed by atoms with Crippen LogP contribution in [0.1, 0.15) is 11.3 Å². The average molecular weight is 362 g/mol. The number of nitrogens with zero attached hydrogens (tertiary/aromatic N) is 2. The highest BCUT2D eigenvalue weighted by Crippen LogP contribution is 2.30. The van der Waals surface area contributed by atoms with Gasteiger partial charge in [0.25, 0.3) is 0 Å². The van der Waals surface area contributed by atoms with Gasteiger partial charge in [-0.1, -0.05) is 36.4 Å². The molecule has 0 spiro atoms. The van der Waals surface area contributed by atoms with Crippen LogP contribution in [0.15, 0.2) is 67.3 Å². The van der Waals surface area contributed by atoms with Crippen LogP contribution in [0.3, 0.4) is 0 Å². The van der Waals surface area contributed by atoms with E-state index >= 15 is 0 Å². The molecule has 0 aliphatic heterocycles. The fourth-order valence-electron chi connectivity index (χ4n) is 2.86. The van der Waals surface area contributed by atoms with Gasteiger partial charge in [0.2, 0.25) is 0 Å². The zero-order chi connectivity index (χ0) is 19.2. The normalized spacial score (nSPS) is 10.4. The summed E-state index contributed by atoms with van der Waals surface area (Å²) in [6.07, 6.45) is 1.24. The van der Waals surface area contributed by atoms with Gasteiger partial charge in [0, 0.05) is 17.6 Å². The molecule has 3 aromatic rings. The largest absolute Gasteiger partial charge is 0.497 e. The van der Waals surface area contributed by atoms with Gasteiger partial charge in [0.1, 0.15) is 12.4 Å². The van der Waals surface area contributed by atoms with Crippen LogP contribution in [-0.2, 0) is 11.3 Å². The van der Waals surface area contributed by atoms with Crippen molar-refractivity contribution in [2.24, 2.45) is 0 Å². The van der Waals surface area contributed by atoms with Crippen molar-refractivity contribution in [3.05, 3.63) is 78.5 Å². The topological polar surface area (TPSA) is 51.7 Å². The first-order chi connectivity index (χ1) is 13.1. The van der Waals surface area contributed by atoms with Gasteiger partial charge < -0.3 is 9.47 Å². The van der Waals surface area contributed by atoms with Crippen molar-refractivity contribution in [2.45, 2.75) is 13.5 Å². The molecule has 0 fully saturated rings. The summed E-state index contributed by atoms with van der Waals surface area (Å²) in [6.45, 7) is 6.20. The van der Waals surface area contributed by atoms with Crippen LogP contribution < -0.4 is 9.64 Å². The second-order valence-electron chi connectivity index (χ2n) is 6.11. The molecule has 0 bridgehead atoms. The molecule has 27 heavy (non-hydrogen) atoms. The van der Waals surface area contributed by atoms with E-state index in [0.29, 0.717) is 12.3 Å². The third-order valence-electron chi connectivity index (χ3n) is 4.15. The van der Waals surface area contributed by atoms with Crippen molar-refractivity contribution in [3.63, 3.8) is 0 Å². The minimum atomic E-state index is -0.437. The Morgan fingerprint density at radius 3 is 2.67 bits per heavy atom. The van der Waals surface area contributed by atoms with Crippen LogP contribution in [0.4, 0.5) is 10.5 Å². The number of carbonyl (C=O) groups excluding carboxylic acids is 1. The Hall–Kier alpha value is -3.34. The first-order valence-corrected chi connectivity index (χ1v) is 8.67. The number of benzene rings is 2. The number of hydrogen-bond donors (Lipinski definition) is 0. The highest BCUT2D eigenvalue weighted by molar-refractivity contribution is 6.01. The summed E-state index contributed by atoms with van der Waals surface area (Å²) in [6, 6.07) is 17.1. The van der Waals surface area contributed by atoms with Gasteiger partial charge in [-0.05, 0) is 36.8 Å². The number of amides is 1. The average Bonchev–Trinajstić information content (AvgIpc) is 2.70. The number of aryl methyl sites for hydroxylation is 1. The predicted octanol–water partition coefficient (Wildman–Crippen LogP) is 4.88. The highest BCUT2D eigenvalue weighted by atomic mass is 16.6. The second-order valence-corrected chi connectivity index (χ2v) is 6.11. The van der Waals surface area contributed by atoms with Gasteiger partial charge in [-0.25, -0.2) is 4.79 Å². The summed E-state index contributed by atoms with van der Waals surface area (Å²) in [7, 11) is 1.61. The third-order valence-corrected chi connectivity index (χ3v) is 4.15. The Balaban J connectivity index is 1.96. The number of fused-ring (bicyclic) bond motifs is 1. The summed E-state index contributed by atoms with van der Waals surface area (Å²) in [5.41, 5.74) is 3.25. The van der Waals surface area contributed by atoms with E-state index in [1.165, 1.54) is 0 Å². The van der Waals surface area contributed by atoms with Crippen molar-refractivity contribution in [2.75, 3.05) is 18.6 Å². The Labute approximate surface area is 158 Å². The van der Waals surface area contributed by atoms with Crippen molar-refractivity contribution in [1.29, 1.82) is 0 Å². The molecule has 1 aromatic heterocycles. The number of rotatable bonds is 6. The van der Waals surface area contributed by atoms with Gasteiger partial charge in [-0.3, -0.25) is 9.88 Å². The summed E-state index contributed by atoms with van der Waals surface area (Å²) in [5, 5.41) is 0.818. The van der Waals surface area contributed by atoms with E-state index < -0.39 is 6.09 Å². The Kier molecular flexibility index (Phi) is 5.71. The fourth-order valence-corrected chi connectivity index (χ4v) is 2.86. The van der Waals surface area contributed by atoms with Crippen molar-refractivity contribution in [1.82, 2.24) is 4.98 Å². The second kappa shape index (κ2) is 8.36. The maximum atomic E-state index is 12.8. The molecular weight excluding hydrogens is 340 g/mol. The van der Waals surface area contributed by atoms with E-state index in [4.69, 9.17) is 9.47 Å². The summed E-state index contributed by atoms with van der Waals surface area (Å²) in [5.74, 6) is 0.700. The molecule has 0 N–H and O–H groups in total. The molecule has 1 amide bonds. The monoisotopic (exact) mass is 362 g/mol. The molecule has 5 nitrogen and oxygen atoms in total. The lowest BCUT2D eigenvalue weighted by atomic mass is 10.1. The molecule has 5 heteroatoms. The quantitative estimate of drug-likeness (QED) is 0.586. The molecule has 0 aliphatic rings. The standard InChI is InChI=1S/C22H22N2O3/c1-4-12-24(22(25)27-15-17-8-6-5-7-9-17)21-13-16(2)23-20-11-10-18(26-3)14-19(20)21/h4-11,13-14H,1,12,15H2,2-3H3. The van der Waals surface area contributed by atoms with Crippen molar-refractivity contribution < 1.29 is 14.3 Å². The van der Waals surface area contributed by atoms with Gasteiger partial charge in [-0.2, -0.15) is 0 Å². The SMILES string of the molecule is C=CCN(C(=O)OCc1ccccc1)c1cc(C)nc2ccc(OC)cc12. The molecule has 1 heterocycles. The molecule has 3 rings (SSSR count). The Morgan fingerprint density at radius 2 is 1.96 bits per heavy atom. The molecule has 0 unspecified atom stereocenters. The molecule has 0 radical (unpaired) electrons. The highest BCUT2D eigenvalue weighted by Gasteiger charge is 2.20. The Morgan fingerprint density at radius 1 is 1.19 bits per heavy atom. The van der Waals surface area contributed by atoms with Gasteiger partial charge in [0.05, 0.1) is 18.3 Å². The lowest BCUT2D eigenvalue weighted by molar-refractivity contribution is 0.148. The smallest absolute Gasteiger partial charge is 0.414 e. The van der Waals surface area contributed by atoms with E-state index in [1.54, 1.807) is 18.1 Å². The minimum absolute atomic E-state index is 0.207. The van der Waals surface area contributed by atoms with Crippen molar-refractivity contribution >= 4 is 22.7 Å². The Bertz CT molecular complexity index is 954. The van der Waals surface area contributed by atoms with E-state index in [0.717, 1.165) is 27.8 Å². The number of aromatic nitrogens is 1. The number of methoxy groups -OCH3 is 1. The van der Waals surface area contributed by atoms with Crippen molar-refractivity contribution in [3.8, 4) is 5.75 Å². The number of anilines is 1. The van der Waals surface area contributed by atoms with E-state index in [-0.39, 0.29) is 6.61 Å². The molecule has 0 aliphatic carbocycles. The van der Waals surface area contributed by atoms with E-state index in [1.807, 2.05) is 61.5 Å². The molecule has 2 aromatic carbocycles. The van der Waals surface area contributed by atoms with Crippen LogP contribution in [0.2, 0.25) is 0 Å². The zero-order valence-corrected chi connectivity index (χ0v) is 15.5. The lowest BCUT2D eigenvalue weighted by Gasteiger charge is -2.23. The van der Waals surface area contributed by atoms with E-state index in [2.05, 4.69) is 11.6 Å². The molecule has 0 saturated heterocycles. The zero-order valence-electron chi connectivity index (χ0n) is 15.5. The predicted molar refractivity (Wildman–Crippen MR) is 107 cm³/mol. The molecule has 0 atom stereocenters. The molecule has 138 valence electrons. The fraction of sp³-hybridized carbons (Fsp3) is 0.182. The first kappa shape index (κ1) is 18.5. The maximum absolute atomic E-state index is 12.8.